The van der Waals surface area contributed by atoms with E-state index in [4.69, 9.17) is 9.52 Å². The monoisotopic (exact) mass is 466 g/mol. The van der Waals surface area contributed by atoms with Crippen LogP contribution < -0.4 is 10.6 Å². The number of aromatic nitrogens is 1. The first-order valence-electron chi connectivity index (χ1n) is 10.9. The van der Waals surface area contributed by atoms with Gasteiger partial charge in [-0.3, -0.25) is 19.8 Å². The van der Waals surface area contributed by atoms with E-state index in [1.54, 1.807) is 30.3 Å². The predicted octanol–water partition coefficient (Wildman–Crippen LogP) is 2.96. The fourth-order valence-corrected chi connectivity index (χ4v) is 4.36. The fourth-order valence-electron chi connectivity index (χ4n) is 4.36. The average Bonchev–Trinajstić information content (AvgIpc) is 3.27. The van der Waals surface area contributed by atoms with Crippen LogP contribution in [0.5, 0.6) is 0 Å². The Morgan fingerprint density at radius 2 is 1.82 bits per heavy atom. The van der Waals surface area contributed by atoms with Crippen molar-refractivity contribution in [3.8, 4) is 11.5 Å². The lowest BCUT2D eigenvalue weighted by Gasteiger charge is -2.40. The molecule has 4 rings (SSSR count). The number of alkyl halides is 3. The molecule has 178 valence electrons. The number of benzene rings is 1. The van der Waals surface area contributed by atoms with Gasteiger partial charge in [0, 0.05) is 31.2 Å². The van der Waals surface area contributed by atoms with E-state index in [0.29, 0.717) is 50.9 Å². The minimum Gasteiger partial charge on any atom is -0.481 e. The Labute approximate surface area is 188 Å². The molecule has 2 fully saturated rings. The summed E-state index contributed by atoms with van der Waals surface area (Å²) in [6.07, 6.45) is -2.37. The first-order chi connectivity index (χ1) is 15.7. The maximum atomic E-state index is 13.5. The van der Waals surface area contributed by atoms with Gasteiger partial charge in [0.05, 0.1) is 12.1 Å². The van der Waals surface area contributed by atoms with Crippen LogP contribution in [0.25, 0.3) is 11.5 Å². The van der Waals surface area contributed by atoms with E-state index in [2.05, 4.69) is 20.5 Å². The topological polar surface area (TPSA) is 108 Å². The van der Waals surface area contributed by atoms with Crippen molar-refractivity contribution in [2.24, 2.45) is 5.92 Å². The smallest absolute Gasteiger partial charge is 0.452 e. The van der Waals surface area contributed by atoms with Crippen molar-refractivity contribution in [3.05, 3.63) is 41.8 Å². The van der Waals surface area contributed by atoms with Crippen LogP contribution in [0.4, 0.5) is 13.2 Å². The van der Waals surface area contributed by atoms with Gasteiger partial charge in [-0.05, 0) is 37.8 Å². The quantitative estimate of drug-likeness (QED) is 0.622. The number of aliphatic carboxylic acids is 1. The molecular formula is C22H25F3N4O4. The molecule has 2 aliphatic rings. The maximum Gasteiger partial charge on any atom is 0.452 e. The number of carboxylic acid groups (broad SMARTS) is 1. The number of hydrogen-bond donors (Lipinski definition) is 3. The van der Waals surface area contributed by atoms with E-state index in [-0.39, 0.29) is 24.0 Å². The van der Waals surface area contributed by atoms with Crippen molar-refractivity contribution in [3.63, 3.8) is 0 Å². The number of carboxylic acids is 1. The highest BCUT2D eigenvalue weighted by molar-refractivity contribution is 5.94. The Kier molecular flexibility index (Phi) is 6.71. The molecule has 1 aromatic heterocycles. The highest BCUT2D eigenvalue weighted by atomic mass is 19.4. The van der Waals surface area contributed by atoms with E-state index >= 15 is 0 Å². The van der Waals surface area contributed by atoms with E-state index in [0.717, 1.165) is 0 Å². The average molecular weight is 466 g/mol. The van der Waals surface area contributed by atoms with Crippen molar-refractivity contribution in [2.75, 3.05) is 19.6 Å². The van der Waals surface area contributed by atoms with Crippen LogP contribution in [-0.2, 0) is 11.0 Å². The lowest BCUT2D eigenvalue weighted by Crippen LogP contribution is -2.57. The van der Waals surface area contributed by atoms with Crippen LogP contribution >= 0.6 is 0 Å². The zero-order valence-electron chi connectivity index (χ0n) is 17.8. The molecule has 0 radical (unpaired) electrons. The molecule has 2 unspecified atom stereocenters. The third-order valence-electron chi connectivity index (χ3n) is 6.16. The number of likely N-dealkylation sites (tertiary alicyclic amines) is 1. The first kappa shape index (κ1) is 23.2. The zero-order valence-corrected chi connectivity index (χ0v) is 17.8. The summed E-state index contributed by atoms with van der Waals surface area (Å²) in [4.78, 5) is 29.8. The van der Waals surface area contributed by atoms with Crippen molar-refractivity contribution in [2.45, 2.75) is 44.1 Å². The number of carbonyl (C=O) groups is 2. The number of rotatable bonds is 5. The summed E-state index contributed by atoms with van der Waals surface area (Å²) < 4.78 is 45.4. The molecular weight excluding hydrogens is 441 g/mol. The van der Waals surface area contributed by atoms with E-state index in [9.17, 15) is 22.8 Å². The normalized spacial score (nSPS) is 22.8. The van der Waals surface area contributed by atoms with Crippen LogP contribution in [0.15, 0.2) is 34.7 Å². The van der Waals surface area contributed by atoms with Gasteiger partial charge in [-0.2, -0.15) is 13.2 Å². The number of piperidine rings is 2. The third kappa shape index (κ3) is 5.36. The van der Waals surface area contributed by atoms with Gasteiger partial charge in [-0.1, -0.05) is 18.2 Å². The molecule has 8 nitrogen and oxygen atoms in total. The molecule has 2 atom stereocenters. The Morgan fingerprint density at radius 1 is 1.12 bits per heavy atom. The minimum atomic E-state index is -4.86. The van der Waals surface area contributed by atoms with Gasteiger partial charge in [0.15, 0.2) is 5.69 Å². The van der Waals surface area contributed by atoms with Gasteiger partial charge < -0.3 is 14.8 Å². The third-order valence-corrected chi connectivity index (χ3v) is 6.16. The summed E-state index contributed by atoms with van der Waals surface area (Å²) >= 11 is 0. The van der Waals surface area contributed by atoms with Crippen LogP contribution in [0.1, 0.15) is 41.9 Å². The lowest BCUT2D eigenvalue weighted by molar-refractivity contribution is -0.153. The summed E-state index contributed by atoms with van der Waals surface area (Å²) in [7, 11) is 0. The Bertz CT molecular complexity index is 979. The number of carbonyl (C=O) groups excluding carboxylic acids is 1. The number of hydrogen-bond acceptors (Lipinski definition) is 6. The Morgan fingerprint density at radius 3 is 2.39 bits per heavy atom. The second kappa shape index (κ2) is 9.52. The van der Waals surface area contributed by atoms with Crippen LogP contribution in [0.2, 0.25) is 0 Å². The molecule has 0 saturated carbocycles. The molecule has 2 saturated heterocycles. The van der Waals surface area contributed by atoms with Crippen molar-refractivity contribution in [1.82, 2.24) is 20.5 Å². The number of amides is 1. The van der Waals surface area contributed by atoms with Crippen LogP contribution in [-0.4, -0.2) is 58.7 Å². The molecule has 0 aliphatic carbocycles. The SMILES string of the molecule is O=C(NC1CCC(N2CCC(C(=O)O)CC2)NC1)c1nc(-c2ccccc2)oc1C(F)(F)F. The van der Waals surface area contributed by atoms with Crippen molar-refractivity contribution >= 4 is 11.9 Å². The van der Waals surface area contributed by atoms with E-state index in [1.165, 1.54) is 0 Å². The van der Waals surface area contributed by atoms with Gasteiger partial charge in [0.2, 0.25) is 11.7 Å². The van der Waals surface area contributed by atoms with Gasteiger partial charge in [-0.15, -0.1) is 0 Å². The predicted molar refractivity (Wildman–Crippen MR) is 111 cm³/mol. The van der Waals surface area contributed by atoms with Crippen LogP contribution in [0.3, 0.4) is 0 Å². The number of nitrogens with zero attached hydrogens (tertiary/aromatic N) is 2. The standard InChI is InChI=1S/C22H25F3N4O4/c23-22(24,25)18-17(28-20(33-18)13-4-2-1-3-5-13)19(30)27-15-6-7-16(26-12-15)29-10-8-14(9-11-29)21(31)32/h1-5,14-16,26H,6-12H2,(H,27,30)(H,31,32). The second-order valence-corrected chi connectivity index (χ2v) is 8.38. The summed E-state index contributed by atoms with van der Waals surface area (Å²) in [6.45, 7) is 1.73. The maximum absolute atomic E-state index is 13.5. The molecule has 33 heavy (non-hydrogen) atoms. The fraction of sp³-hybridized carbons (Fsp3) is 0.500. The molecule has 2 aliphatic heterocycles. The van der Waals surface area contributed by atoms with Gasteiger partial charge in [0.1, 0.15) is 0 Å². The lowest BCUT2D eigenvalue weighted by atomic mass is 9.95. The van der Waals surface area contributed by atoms with Crippen molar-refractivity contribution < 1.29 is 32.3 Å². The molecule has 11 heteroatoms. The van der Waals surface area contributed by atoms with Gasteiger partial charge >= 0.3 is 12.1 Å². The van der Waals surface area contributed by atoms with Crippen molar-refractivity contribution in [1.29, 1.82) is 0 Å². The van der Waals surface area contributed by atoms with Gasteiger partial charge in [0.25, 0.3) is 5.91 Å². The molecule has 1 aromatic carbocycles. The summed E-state index contributed by atoms with van der Waals surface area (Å²) in [6, 6.07) is 7.74. The van der Waals surface area contributed by atoms with Crippen LogP contribution in [0, 0.1) is 5.92 Å². The molecule has 1 amide bonds. The first-order valence-corrected chi connectivity index (χ1v) is 10.9. The Hall–Kier alpha value is -2.92. The number of oxazole rings is 1. The second-order valence-electron chi connectivity index (χ2n) is 8.38. The molecule has 0 spiro atoms. The van der Waals surface area contributed by atoms with Gasteiger partial charge in [-0.25, -0.2) is 4.98 Å². The highest BCUT2D eigenvalue weighted by Crippen LogP contribution is 2.35. The number of nitrogens with one attached hydrogen (secondary N) is 2. The molecule has 2 aromatic rings. The van der Waals surface area contributed by atoms with E-state index in [1.807, 2.05) is 0 Å². The molecule has 3 N–H and O–H groups in total. The largest absolute Gasteiger partial charge is 0.481 e. The number of halogens is 3. The Balaban J connectivity index is 1.37. The van der Waals surface area contributed by atoms with E-state index < -0.39 is 29.5 Å². The molecule has 0 bridgehead atoms. The minimum absolute atomic E-state index is 0.0513. The zero-order chi connectivity index (χ0) is 23.6. The highest BCUT2D eigenvalue weighted by Gasteiger charge is 2.42. The summed E-state index contributed by atoms with van der Waals surface area (Å²) in [5.41, 5.74) is -0.435. The molecule has 3 heterocycles. The summed E-state index contributed by atoms with van der Waals surface area (Å²) in [5.74, 6) is -3.69. The summed E-state index contributed by atoms with van der Waals surface area (Å²) in [5, 5.41) is 15.1.